The average molecular weight is 212 g/mol. The second kappa shape index (κ2) is 4.81. The number of methoxy groups -OCH3 is 1. The van der Waals surface area contributed by atoms with Crippen molar-refractivity contribution in [2.75, 3.05) is 33.8 Å². The summed E-state index contributed by atoms with van der Waals surface area (Å²) in [6, 6.07) is 0.909. The number of hydrogen-bond donors (Lipinski definition) is 1. The number of nitrogens with zero attached hydrogens (tertiary/aromatic N) is 1. The highest BCUT2D eigenvalue weighted by Gasteiger charge is 2.36. The molecule has 0 radical (unpaired) electrons. The molecule has 0 aromatic heterocycles. The molecule has 3 nitrogen and oxygen atoms in total. The van der Waals surface area contributed by atoms with E-state index >= 15 is 0 Å². The third-order valence-corrected chi connectivity index (χ3v) is 3.93. The molecule has 88 valence electrons. The molecule has 0 bridgehead atoms. The zero-order valence-electron chi connectivity index (χ0n) is 10.1. The Morgan fingerprint density at radius 1 is 1.33 bits per heavy atom. The fourth-order valence-electron chi connectivity index (χ4n) is 2.77. The second-order valence-corrected chi connectivity index (χ2v) is 5.04. The molecule has 1 saturated heterocycles. The quantitative estimate of drug-likeness (QED) is 0.759. The van der Waals surface area contributed by atoms with Gasteiger partial charge in [0.15, 0.2) is 0 Å². The lowest BCUT2D eigenvalue weighted by molar-refractivity contribution is -0.0196. The molecular formula is C12H24N2O. The fraction of sp³-hybridized carbons (Fsp3) is 1.00. The topological polar surface area (TPSA) is 24.5 Å². The summed E-state index contributed by atoms with van der Waals surface area (Å²) in [6.07, 6.45) is 6.51. The van der Waals surface area contributed by atoms with Crippen LogP contribution in [0.25, 0.3) is 0 Å². The number of rotatable bonds is 4. The van der Waals surface area contributed by atoms with Crippen LogP contribution < -0.4 is 5.32 Å². The molecule has 0 aromatic carbocycles. The summed E-state index contributed by atoms with van der Waals surface area (Å²) in [5.74, 6) is 0. The van der Waals surface area contributed by atoms with Gasteiger partial charge in [-0.2, -0.15) is 0 Å². The van der Waals surface area contributed by atoms with E-state index in [1.165, 1.54) is 45.2 Å². The first-order valence-electron chi connectivity index (χ1n) is 6.23. The predicted molar refractivity (Wildman–Crippen MR) is 62.1 cm³/mol. The van der Waals surface area contributed by atoms with Crippen LogP contribution in [0.15, 0.2) is 0 Å². The summed E-state index contributed by atoms with van der Waals surface area (Å²) < 4.78 is 5.76. The number of likely N-dealkylation sites (N-methyl/N-ethyl adjacent to an activating group) is 1. The maximum atomic E-state index is 5.76. The van der Waals surface area contributed by atoms with E-state index in [4.69, 9.17) is 4.74 Å². The van der Waals surface area contributed by atoms with Gasteiger partial charge in [-0.05, 0) is 45.7 Å². The lowest BCUT2D eigenvalue weighted by atomic mass is 9.94. The van der Waals surface area contributed by atoms with Crippen LogP contribution in [0.4, 0.5) is 0 Å². The van der Waals surface area contributed by atoms with Crippen LogP contribution in [0.2, 0.25) is 0 Å². The van der Waals surface area contributed by atoms with Gasteiger partial charge in [0.05, 0.1) is 5.60 Å². The molecule has 1 N–H and O–H groups in total. The van der Waals surface area contributed by atoms with Gasteiger partial charge in [0, 0.05) is 26.2 Å². The van der Waals surface area contributed by atoms with Crippen molar-refractivity contribution in [3.05, 3.63) is 0 Å². The zero-order chi connectivity index (χ0) is 10.7. The Kier molecular flexibility index (Phi) is 3.65. The molecule has 0 aromatic rings. The van der Waals surface area contributed by atoms with E-state index in [1.807, 2.05) is 14.2 Å². The van der Waals surface area contributed by atoms with Crippen LogP contribution in [0.1, 0.15) is 32.1 Å². The standard InChI is InChI=1S/C12H24N2O/c1-13-10-12(15-2)6-3-8-14(9-7-12)11-4-5-11/h11,13H,3-10H2,1-2H3. The van der Waals surface area contributed by atoms with Gasteiger partial charge in [-0.15, -0.1) is 0 Å². The van der Waals surface area contributed by atoms with Crippen molar-refractivity contribution in [2.24, 2.45) is 0 Å². The predicted octanol–water partition coefficient (Wildman–Crippen LogP) is 1.24. The van der Waals surface area contributed by atoms with E-state index in [2.05, 4.69) is 10.2 Å². The minimum absolute atomic E-state index is 0.0956. The largest absolute Gasteiger partial charge is 0.377 e. The fourth-order valence-corrected chi connectivity index (χ4v) is 2.77. The van der Waals surface area contributed by atoms with E-state index in [-0.39, 0.29) is 5.60 Å². The normalized spacial score (nSPS) is 34.0. The highest BCUT2D eigenvalue weighted by molar-refractivity contribution is 4.91. The molecule has 0 spiro atoms. The summed E-state index contributed by atoms with van der Waals surface area (Å²) in [6.45, 7) is 3.49. The number of ether oxygens (including phenoxy) is 1. The molecule has 1 saturated carbocycles. The lowest BCUT2D eigenvalue weighted by Gasteiger charge is -2.31. The molecule has 1 aliphatic heterocycles. The van der Waals surface area contributed by atoms with E-state index < -0.39 is 0 Å². The highest BCUT2D eigenvalue weighted by atomic mass is 16.5. The minimum atomic E-state index is 0.0956. The zero-order valence-corrected chi connectivity index (χ0v) is 10.1. The molecule has 1 atom stereocenters. The van der Waals surface area contributed by atoms with Gasteiger partial charge in [-0.1, -0.05) is 0 Å². The minimum Gasteiger partial charge on any atom is -0.377 e. The lowest BCUT2D eigenvalue weighted by Crippen LogP contribution is -2.42. The molecule has 3 heteroatoms. The first-order valence-corrected chi connectivity index (χ1v) is 6.23. The van der Waals surface area contributed by atoms with Gasteiger partial charge >= 0.3 is 0 Å². The van der Waals surface area contributed by atoms with Gasteiger partial charge in [-0.25, -0.2) is 0 Å². The Balaban J connectivity index is 1.91. The van der Waals surface area contributed by atoms with Gasteiger partial charge < -0.3 is 15.0 Å². The highest BCUT2D eigenvalue weighted by Crippen LogP contribution is 2.32. The molecule has 15 heavy (non-hydrogen) atoms. The van der Waals surface area contributed by atoms with Gasteiger partial charge in [0.2, 0.25) is 0 Å². The summed E-state index contributed by atoms with van der Waals surface area (Å²) in [5, 5.41) is 3.27. The molecule has 2 aliphatic rings. The molecule has 0 amide bonds. The molecular weight excluding hydrogens is 188 g/mol. The Hall–Kier alpha value is -0.120. The van der Waals surface area contributed by atoms with Crippen LogP contribution in [0.5, 0.6) is 0 Å². The van der Waals surface area contributed by atoms with Crippen molar-refractivity contribution < 1.29 is 4.74 Å². The molecule has 1 heterocycles. The first kappa shape index (κ1) is 11.4. The van der Waals surface area contributed by atoms with Crippen LogP contribution >= 0.6 is 0 Å². The molecule has 2 fully saturated rings. The van der Waals surface area contributed by atoms with Crippen molar-refractivity contribution in [3.63, 3.8) is 0 Å². The maximum Gasteiger partial charge on any atom is 0.0815 e. The monoisotopic (exact) mass is 212 g/mol. The van der Waals surface area contributed by atoms with Crippen LogP contribution in [0.3, 0.4) is 0 Å². The Morgan fingerprint density at radius 2 is 2.13 bits per heavy atom. The summed E-state index contributed by atoms with van der Waals surface area (Å²) in [7, 11) is 3.88. The summed E-state index contributed by atoms with van der Waals surface area (Å²) in [4.78, 5) is 2.66. The van der Waals surface area contributed by atoms with Crippen LogP contribution in [-0.4, -0.2) is 50.3 Å². The van der Waals surface area contributed by atoms with E-state index in [9.17, 15) is 0 Å². The van der Waals surface area contributed by atoms with Gasteiger partial charge in [0.25, 0.3) is 0 Å². The molecule has 2 rings (SSSR count). The number of likely N-dealkylation sites (tertiary alicyclic amines) is 1. The third kappa shape index (κ3) is 2.71. The van der Waals surface area contributed by atoms with E-state index in [1.54, 1.807) is 0 Å². The van der Waals surface area contributed by atoms with Crippen molar-refractivity contribution >= 4 is 0 Å². The van der Waals surface area contributed by atoms with Gasteiger partial charge in [0.1, 0.15) is 0 Å². The van der Waals surface area contributed by atoms with Crippen molar-refractivity contribution in [1.82, 2.24) is 10.2 Å². The SMILES string of the molecule is CNCC1(OC)CCCN(C2CC2)CC1. The summed E-state index contributed by atoms with van der Waals surface area (Å²) in [5.41, 5.74) is 0.0956. The Morgan fingerprint density at radius 3 is 2.73 bits per heavy atom. The first-order chi connectivity index (χ1) is 7.29. The Bertz CT molecular complexity index is 206. The third-order valence-electron chi connectivity index (χ3n) is 3.93. The number of nitrogens with one attached hydrogen (secondary N) is 1. The van der Waals surface area contributed by atoms with Crippen LogP contribution in [-0.2, 0) is 4.74 Å². The molecule has 1 aliphatic carbocycles. The van der Waals surface area contributed by atoms with Gasteiger partial charge in [-0.3, -0.25) is 0 Å². The Labute approximate surface area is 93.2 Å². The number of hydrogen-bond acceptors (Lipinski definition) is 3. The second-order valence-electron chi connectivity index (χ2n) is 5.04. The van der Waals surface area contributed by atoms with E-state index in [0.717, 1.165) is 12.6 Å². The van der Waals surface area contributed by atoms with E-state index in [0.29, 0.717) is 0 Å². The van der Waals surface area contributed by atoms with Crippen molar-refractivity contribution in [2.45, 2.75) is 43.7 Å². The summed E-state index contributed by atoms with van der Waals surface area (Å²) >= 11 is 0. The van der Waals surface area contributed by atoms with Crippen molar-refractivity contribution in [1.29, 1.82) is 0 Å². The van der Waals surface area contributed by atoms with Crippen molar-refractivity contribution in [3.8, 4) is 0 Å². The van der Waals surface area contributed by atoms with Crippen LogP contribution in [0, 0.1) is 0 Å². The average Bonchev–Trinajstić information content (AvgIpc) is 3.04. The molecule has 1 unspecified atom stereocenters. The maximum absolute atomic E-state index is 5.76. The smallest absolute Gasteiger partial charge is 0.0815 e.